The Kier molecular flexibility index (Phi) is 6.27. The molecular formula is C17H20N4O2S. The van der Waals surface area contributed by atoms with E-state index < -0.39 is 0 Å². The number of ether oxygens (including phenoxy) is 2. The molecule has 0 saturated heterocycles. The van der Waals surface area contributed by atoms with Gasteiger partial charge in [-0.05, 0) is 30.7 Å². The van der Waals surface area contributed by atoms with Crippen LogP contribution in [0, 0.1) is 11.3 Å². The zero-order chi connectivity index (χ0) is 17.5. The van der Waals surface area contributed by atoms with Crippen molar-refractivity contribution >= 4 is 17.6 Å². The fourth-order valence-electron chi connectivity index (χ4n) is 1.87. The Hall–Kier alpha value is -2.46. The van der Waals surface area contributed by atoms with Gasteiger partial charge in [0.05, 0.1) is 7.11 Å². The van der Waals surface area contributed by atoms with Gasteiger partial charge in [-0.3, -0.25) is 0 Å². The third-order valence-electron chi connectivity index (χ3n) is 3.42. The van der Waals surface area contributed by atoms with Gasteiger partial charge in [-0.1, -0.05) is 25.6 Å². The molecule has 1 aromatic carbocycles. The van der Waals surface area contributed by atoms with Gasteiger partial charge in [-0.2, -0.15) is 5.26 Å². The number of nitrogens with two attached hydrogens (primary N) is 1. The Morgan fingerprint density at radius 2 is 1.92 bits per heavy atom. The monoisotopic (exact) mass is 344 g/mol. The highest BCUT2D eigenvalue weighted by atomic mass is 32.2. The van der Waals surface area contributed by atoms with Gasteiger partial charge in [0.15, 0.2) is 5.16 Å². The summed E-state index contributed by atoms with van der Waals surface area (Å²) in [4.78, 5) is 8.65. The van der Waals surface area contributed by atoms with E-state index in [4.69, 9.17) is 15.2 Å². The number of benzene rings is 1. The summed E-state index contributed by atoms with van der Waals surface area (Å²) in [7, 11) is 1.61. The van der Waals surface area contributed by atoms with E-state index in [2.05, 4.69) is 29.9 Å². The maximum absolute atomic E-state index is 9.29. The van der Waals surface area contributed by atoms with Crippen molar-refractivity contribution in [1.82, 2.24) is 9.97 Å². The highest BCUT2D eigenvalue weighted by Crippen LogP contribution is 2.25. The van der Waals surface area contributed by atoms with Crippen LogP contribution in [-0.2, 0) is 6.61 Å². The first-order valence-electron chi connectivity index (χ1n) is 7.57. The Morgan fingerprint density at radius 1 is 1.25 bits per heavy atom. The van der Waals surface area contributed by atoms with Gasteiger partial charge in [-0.25, -0.2) is 9.97 Å². The molecule has 1 aromatic heterocycles. The fourth-order valence-corrected chi connectivity index (χ4v) is 2.71. The van der Waals surface area contributed by atoms with Gasteiger partial charge in [0.1, 0.15) is 41.3 Å². The molecule has 0 radical (unpaired) electrons. The predicted molar refractivity (Wildman–Crippen MR) is 94.1 cm³/mol. The zero-order valence-corrected chi connectivity index (χ0v) is 14.8. The van der Waals surface area contributed by atoms with Crippen molar-refractivity contribution in [3.8, 4) is 17.6 Å². The van der Waals surface area contributed by atoms with E-state index in [1.54, 1.807) is 31.4 Å². The summed E-state index contributed by atoms with van der Waals surface area (Å²) in [5, 5.41) is 10.2. The van der Waals surface area contributed by atoms with E-state index in [0.717, 1.165) is 12.2 Å². The Balaban J connectivity index is 2.18. The van der Waals surface area contributed by atoms with Crippen LogP contribution < -0.4 is 15.2 Å². The van der Waals surface area contributed by atoms with E-state index >= 15 is 0 Å². The largest absolute Gasteiger partial charge is 0.497 e. The molecule has 0 aliphatic carbocycles. The number of nitrogen functional groups attached to an aromatic ring is 1. The first-order chi connectivity index (χ1) is 11.6. The minimum Gasteiger partial charge on any atom is -0.497 e. The van der Waals surface area contributed by atoms with E-state index in [0.29, 0.717) is 21.8 Å². The summed E-state index contributed by atoms with van der Waals surface area (Å²) in [5.41, 5.74) is 6.65. The van der Waals surface area contributed by atoms with Crippen LogP contribution >= 0.6 is 11.8 Å². The third-order valence-corrected chi connectivity index (χ3v) is 4.55. The summed E-state index contributed by atoms with van der Waals surface area (Å²) < 4.78 is 10.8. The first-order valence-corrected chi connectivity index (χ1v) is 8.45. The Labute approximate surface area is 146 Å². The molecule has 2 aromatic rings. The second-order valence-electron chi connectivity index (χ2n) is 5.13. The molecule has 6 nitrogen and oxygen atoms in total. The maximum Gasteiger partial charge on any atom is 0.190 e. The topological polar surface area (TPSA) is 94.0 Å². The molecule has 0 aliphatic rings. The molecule has 126 valence electrons. The standard InChI is InChI=1S/C17H20N4O2S/c1-4-11(2)24-17-20-15(14(9-18)16(19)21-17)10-23-13-7-5-12(22-3)6-8-13/h5-8,11H,4,10H2,1-3H3,(H2,19,20,21)/t11-/m1/s1. The van der Waals surface area contributed by atoms with Crippen LogP contribution in [-0.4, -0.2) is 22.3 Å². The van der Waals surface area contributed by atoms with E-state index in [1.807, 2.05) is 0 Å². The van der Waals surface area contributed by atoms with Crippen molar-refractivity contribution in [2.24, 2.45) is 0 Å². The van der Waals surface area contributed by atoms with E-state index in [9.17, 15) is 5.26 Å². The number of thioether (sulfide) groups is 1. The number of rotatable bonds is 7. The molecule has 1 atom stereocenters. The lowest BCUT2D eigenvalue weighted by atomic mass is 10.2. The SMILES string of the molecule is CC[C@@H](C)Sc1nc(N)c(C#N)c(COc2ccc(OC)cc2)n1. The number of nitrogens with zero attached hydrogens (tertiary/aromatic N) is 3. The highest BCUT2D eigenvalue weighted by Gasteiger charge is 2.15. The average Bonchev–Trinajstić information content (AvgIpc) is 2.60. The number of aromatic nitrogens is 2. The van der Waals surface area contributed by atoms with Gasteiger partial charge in [-0.15, -0.1) is 0 Å². The van der Waals surface area contributed by atoms with Crippen LogP contribution in [0.4, 0.5) is 5.82 Å². The van der Waals surface area contributed by atoms with Crippen LogP contribution in [0.25, 0.3) is 0 Å². The number of anilines is 1. The summed E-state index contributed by atoms with van der Waals surface area (Å²) in [5.74, 6) is 1.60. The van der Waals surface area contributed by atoms with Crippen LogP contribution in [0.1, 0.15) is 31.5 Å². The summed E-state index contributed by atoms with van der Waals surface area (Å²) >= 11 is 1.53. The van der Waals surface area contributed by atoms with Gasteiger partial charge >= 0.3 is 0 Å². The van der Waals surface area contributed by atoms with Crippen molar-refractivity contribution in [1.29, 1.82) is 5.26 Å². The zero-order valence-electron chi connectivity index (χ0n) is 13.9. The van der Waals surface area contributed by atoms with Crippen molar-refractivity contribution < 1.29 is 9.47 Å². The Bertz CT molecular complexity index is 729. The summed E-state index contributed by atoms with van der Waals surface area (Å²) in [6.45, 7) is 4.34. The van der Waals surface area contributed by atoms with Crippen LogP contribution in [0.3, 0.4) is 0 Å². The molecule has 0 aliphatic heterocycles. The smallest absolute Gasteiger partial charge is 0.190 e. The highest BCUT2D eigenvalue weighted by molar-refractivity contribution is 7.99. The molecular weight excluding hydrogens is 324 g/mol. The molecule has 0 saturated carbocycles. The minimum absolute atomic E-state index is 0.149. The van der Waals surface area contributed by atoms with Crippen LogP contribution in [0.15, 0.2) is 29.4 Å². The normalized spacial score (nSPS) is 11.6. The van der Waals surface area contributed by atoms with Gasteiger partial charge < -0.3 is 15.2 Å². The van der Waals surface area contributed by atoms with Gasteiger partial charge in [0.2, 0.25) is 0 Å². The van der Waals surface area contributed by atoms with Crippen molar-refractivity contribution in [2.75, 3.05) is 12.8 Å². The lowest BCUT2D eigenvalue weighted by molar-refractivity contribution is 0.299. The molecule has 24 heavy (non-hydrogen) atoms. The summed E-state index contributed by atoms with van der Waals surface area (Å²) in [6, 6.07) is 9.25. The number of methoxy groups -OCH3 is 1. The van der Waals surface area contributed by atoms with Crippen molar-refractivity contribution in [3.05, 3.63) is 35.5 Å². The number of hydrogen-bond acceptors (Lipinski definition) is 7. The number of hydrogen-bond donors (Lipinski definition) is 1. The Morgan fingerprint density at radius 3 is 2.50 bits per heavy atom. The van der Waals surface area contributed by atoms with Gasteiger partial charge in [0, 0.05) is 5.25 Å². The second-order valence-corrected chi connectivity index (χ2v) is 6.53. The first kappa shape index (κ1) is 17.9. The van der Waals surface area contributed by atoms with Crippen LogP contribution in [0.5, 0.6) is 11.5 Å². The predicted octanol–water partition coefficient (Wildman–Crippen LogP) is 3.41. The van der Waals surface area contributed by atoms with Crippen molar-refractivity contribution in [2.45, 2.75) is 37.3 Å². The molecule has 7 heteroatoms. The molecule has 0 spiro atoms. The molecule has 1 heterocycles. The van der Waals surface area contributed by atoms with E-state index in [1.165, 1.54) is 11.8 Å². The van der Waals surface area contributed by atoms with E-state index in [-0.39, 0.29) is 18.0 Å². The lowest BCUT2D eigenvalue weighted by Gasteiger charge is -2.12. The van der Waals surface area contributed by atoms with Crippen LogP contribution in [0.2, 0.25) is 0 Å². The second kappa shape index (κ2) is 8.41. The molecule has 0 unspecified atom stereocenters. The quantitative estimate of drug-likeness (QED) is 0.607. The molecule has 0 amide bonds. The molecule has 0 fully saturated rings. The summed E-state index contributed by atoms with van der Waals surface area (Å²) in [6.07, 6.45) is 0.992. The minimum atomic E-state index is 0.149. The third kappa shape index (κ3) is 4.52. The molecule has 0 bridgehead atoms. The number of nitriles is 1. The fraction of sp³-hybridized carbons (Fsp3) is 0.353. The molecule has 2 rings (SSSR count). The molecule has 2 N–H and O–H groups in total. The lowest BCUT2D eigenvalue weighted by Crippen LogP contribution is -2.09. The maximum atomic E-state index is 9.29. The van der Waals surface area contributed by atoms with Gasteiger partial charge in [0.25, 0.3) is 0 Å². The average molecular weight is 344 g/mol. The van der Waals surface area contributed by atoms with Crippen molar-refractivity contribution in [3.63, 3.8) is 0 Å².